The third-order valence-electron chi connectivity index (χ3n) is 5.20. The van der Waals surface area contributed by atoms with Crippen molar-refractivity contribution in [1.29, 1.82) is 0 Å². The molecule has 134 valence electrons. The summed E-state index contributed by atoms with van der Waals surface area (Å²) in [6.07, 6.45) is 2.22. The summed E-state index contributed by atoms with van der Waals surface area (Å²) in [6, 6.07) is 0. The minimum absolute atomic E-state index is 0.0661. The van der Waals surface area contributed by atoms with Gasteiger partial charge in [-0.05, 0) is 64.2 Å². The molecule has 0 aromatic heterocycles. The van der Waals surface area contributed by atoms with Crippen molar-refractivity contribution in [2.24, 2.45) is 16.7 Å². The molecule has 0 saturated heterocycles. The molecule has 1 aliphatic rings. The van der Waals surface area contributed by atoms with Crippen LogP contribution in [0.1, 0.15) is 81.6 Å². The Morgan fingerprint density at radius 2 is 1.43 bits per heavy atom. The predicted octanol–water partition coefficient (Wildman–Crippen LogP) is 4.71. The zero-order valence-corrected chi connectivity index (χ0v) is 16.4. The molecular weight excluding hydrogens is 290 g/mol. The first kappa shape index (κ1) is 20.0. The number of nitrogens with one attached hydrogen (secondary N) is 1. The van der Waals surface area contributed by atoms with Crippen molar-refractivity contribution in [3.05, 3.63) is 0 Å². The van der Waals surface area contributed by atoms with Gasteiger partial charge in [0.15, 0.2) is 5.78 Å². The van der Waals surface area contributed by atoms with Crippen LogP contribution in [0, 0.1) is 16.7 Å². The van der Waals surface area contributed by atoms with Crippen molar-refractivity contribution in [1.82, 2.24) is 5.32 Å². The number of Topliss-reactive ketones (excluding diaryl/α,β-unsaturated/α-hetero) is 1. The lowest BCUT2D eigenvalue weighted by Gasteiger charge is -2.37. The maximum Gasteiger partial charge on any atom is 0.408 e. The molecule has 0 heterocycles. The molecule has 0 aromatic carbocycles. The summed E-state index contributed by atoms with van der Waals surface area (Å²) in [5.74, 6) is 0.388. The minimum Gasteiger partial charge on any atom is -0.444 e. The first-order valence-electron chi connectivity index (χ1n) is 8.61. The molecule has 0 bridgehead atoms. The van der Waals surface area contributed by atoms with Crippen LogP contribution in [0.4, 0.5) is 4.79 Å². The summed E-state index contributed by atoms with van der Waals surface area (Å²) in [5.41, 5.74) is -1.18. The van der Waals surface area contributed by atoms with E-state index in [1.54, 1.807) is 13.8 Å². The fourth-order valence-corrected chi connectivity index (χ4v) is 3.67. The van der Waals surface area contributed by atoms with Crippen LogP contribution in [-0.2, 0) is 9.53 Å². The number of hydrogen-bond acceptors (Lipinski definition) is 3. The summed E-state index contributed by atoms with van der Waals surface area (Å²) < 4.78 is 5.27. The highest BCUT2D eigenvalue weighted by atomic mass is 16.6. The van der Waals surface area contributed by atoms with Crippen LogP contribution in [0.25, 0.3) is 0 Å². The normalized spacial score (nSPS) is 21.1. The van der Waals surface area contributed by atoms with Gasteiger partial charge in [0.2, 0.25) is 0 Å². The van der Waals surface area contributed by atoms with E-state index in [2.05, 4.69) is 33.0 Å². The second-order valence-electron chi connectivity index (χ2n) is 9.91. The van der Waals surface area contributed by atoms with Crippen molar-refractivity contribution in [2.75, 3.05) is 0 Å². The highest BCUT2D eigenvalue weighted by Gasteiger charge is 2.48. The number of carbonyl (C=O) groups excluding carboxylic acids is 2. The molecule has 0 aromatic rings. The van der Waals surface area contributed by atoms with Gasteiger partial charge in [-0.1, -0.05) is 27.7 Å². The third-order valence-corrected chi connectivity index (χ3v) is 5.20. The molecule has 0 atom stereocenters. The second kappa shape index (κ2) is 6.10. The quantitative estimate of drug-likeness (QED) is 0.814. The van der Waals surface area contributed by atoms with E-state index in [9.17, 15) is 9.59 Å². The Kier molecular flexibility index (Phi) is 5.30. The molecule has 4 nitrogen and oxygen atoms in total. The van der Waals surface area contributed by atoms with Crippen LogP contribution >= 0.6 is 0 Å². The van der Waals surface area contributed by atoms with E-state index in [-0.39, 0.29) is 16.6 Å². The number of amides is 1. The maximum absolute atomic E-state index is 12.8. The number of hydrogen-bond donors (Lipinski definition) is 1. The van der Waals surface area contributed by atoms with Gasteiger partial charge in [-0.3, -0.25) is 4.79 Å². The summed E-state index contributed by atoms with van der Waals surface area (Å²) in [6.45, 7) is 17.9. The number of carbonyl (C=O) groups is 2. The third kappa shape index (κ3) is 5.22. The smallest absolute Gasteiger partial charge is 0.408 e. The van der Waals surface area contributed by atoms with Gasteiger partial charge in [0.1, 0.15) is 5.60 Å². The molecule has 0 radical (unpaired) electrons. The van der Waals surface area contributed by atoms with Gasteiger partial charge >= 0.3 is 6.09 Å². The van der Waals surface area contributed by atoms with E-state index in [1.165, 1.54) is 0 Å². The Morgan fingerprint density at radius 3 is 1.83 bits per heavy atom. The molecular formula is C19H35NO3. The molecule has 0 spiro atoms. The number of alkyl carbamates (subject to hydrolysis) is 1. The molecule has 0 unspecified atom stereocenters. The highest BCUT2D eigenvalue weighted by Crippen LogP contribution is 2.55. The van der Waals surface area contributed by atoms with Gasteiger partial charge in [-0.2, -0.15) is 0 Å². The summed E-state index contributed by atoms with van der Waals surface area (Å²) in [4.78, 5) is 24.8. The lowest BCUT2D eigenvalue weighted by Crippen LogP contribution is -2.52. The molecule has 1 amide bonds. The van der Waals surface area contributed by atoms with E-state index in [0.717, 1.165) is 12.8 Å². The lowest BCUT2D eigenvalue weighted by molar-refractivity contribution is -0.127. The van der Waals surface area contributed by atoms with Crippen LogP contribution < -0.4 is 5.32 Å². The van der Waals surface area contributed by atoms with E-state index < -0.39 is 17.2 Å². The summed E-state index contributed by atoms with van der Waals surface area (Å²) in [5, 5.41) is 2.73. The van der Waals surface area contributed by atoms with Crippen LogP contribution in [0.2, 0.25) is 0 Å². The average molecular weight is 325 g/mol. The zero-order valence-electron chi connectivity index (χ0n) is 16.4. The number of ether oxygens (including phenoxy) is 1. The fraction of sp³-hybridized carbons (Fsp3) is 0.895. The van der Waals surface area contributed by atoms with Gasteiger partial charge in [0, 0.05) is 6.42 Å². The predicted molar refractivity (Wildman–Crippen MR) is 93.4 cm³/mol. The van der Waals surface area contributed by atoms with Crippen molar-refractivity contribution < 1.29 is 14.3 Å². The zero-order chi connectivity index (χ0) is 18.3. The highest BCUT2D eigenvalue weighted by molar-refractivity contribution is 5.91. The monoisotopic (exact) mass is 325 g/mol. The van der Waals surface area contributed by atoms with Crippen molar-refractivity contribution in [3.8, 4) is 0 Å². The molecule has 1 N–H and O–H groups in total. The van der Waals surface area contributed by atoms with Gasteiger partial charge in [-0.25, -0.2) is 4.79 Å². The molecule has 1 saturated carbocycles. The SMILES string of the molecule is CC(C)(C)OC(=O)NC(C)(C)C(=O)CC1C(C)(C)CCC1(C)C. The average Bonchev–Trinajstić information content (AvgIpc) is 2.48. The first-order valence-corrected chi connectivity index (χ1v) is 8.61. The van der Waals surface area contributed by atoms with Gasteiger partial charge in [0.25, 0.3) is 0 Å². The molecule has 4 heteroatoms. The van der Waals surface area contributed by atoms with Gasteiger partial charge < -0.3 is 10.1 Å². The Labute approximate surface area is 141 Å². The summed E-state index contributed by atoms with van der Waals surface area (Å²) >= 11 is 0. The van der Waals surface area contributed by atoms with E-state index in [1.807, 2.05) is 20.8 Å². The Bertz CT molecular complexity index is 453. The standard InChI is InChI=1S/C19H35NO3/c1-16(2,3)23-15(22)20-19(8,9)14(21)12-13-17(4,5)10-11-18(13,6)7/h13H,10-12H2,1-9H3,(H,20,22). The lowest BCUT2D eigenvalue weighted by atomic mass is 9.68. The Morgan fingerprint density at radius 1 is 1.00 bits per heavy atom. The van der Waals surface area contributed by atoms with E-state index in [0.29, 0.717) is 12.3 Å². The Balaban J connectivity index is 2.77. The van der Waals surface area contributed by atoms with Crippen LogP contribution in [0.15, 0.2) is 0 Å². The van der Waals surface area contributed by atoms with Crippen molar-refractivity contribution in [3.63, 3.8) is 0 Å². The maximum atomic E-state index is 12.8. The molecule has 0 aliphatic heterocycles. The van der Waals surface area contributed by atoms with Gasteiger partial charge in [0.05, 0.1) is 5.54 Å². The van der Waals surface area contributed by atoms with Crippen LogP contribution in [-0.4, -0.2) is 23.0 Å². The van der Waals surface area contributed by atoms with Crippen LogP contribution in [0.5, 0.6) is 0 Å². The fourth-order valence-electron chi connectivity index (χ4n) is 3.67. The molecule has 1 rings (SSSR count). The number of rotatable bonds is 4. The molecule has 1 fully saturated rings. The second-order valence-corrected chi connectivity index (χ2v) is 9.91. The van der Waals surface area contributed by atoms with E-state index >= 15 is 0 Å². The summed E-state index contributed by atoms with van der Waals surface area (Å²) in [7, 11) is 0. The largest absolute Gasteiger partial charge is 0.444 e. The molecule has 23 heavy (non-hydrogen) atoms. The van der Waals surface area contributed by atoms with Crippen LogP contribution in [0.3, 0.4) is 0 Å². The topological polar surface area (TPSA) is 55.4 Å². The number of ketones is 1. The van der Waals surface area contributed by atoms with Gasteiger partial charge in [-0.15, -0.1) is 0 Å². The Hall–Kier alpha value is -1.06. The first-order chi connectivity index (χ1) is 10.1. The molecule has 1 aliphatic carbocycles. The minimum atomic E-state index is -0.920. The van der Waals surface area contributed by atoms with E-state index in [4.69, 9.17) is 4.74 Å². The van der Waals surface area contributed by atoms with Crippen molar-refractivity contribution >= 4 is 11.9 Å². The van der Waals surface area contributed by atoms with Crippen molar-refractivity contribution in [2.45, 2.75) is 92.7 Å².